The number of primary amides is 1. The molecule has 2 amide bonds. The van der Waals surface area contributed by atoms with E-state index >= 15 is 0 Å². The minimum Gasteiger partial charge on any atom is -0.369 e. The monoisotopic (exact) mass is 295 g/mol. The van der Waals surface area contributed by atoms with E-state index < -0.39 is 0 Å². The molecule has 7 nitrogen and oxygen atoms in total. The van der Waals surface area contributed by atoms with E-state index in [1.807, 2.05) is 4.90 Å². The Balaban J connectivity index is 1.96. The summed E-state index contributed by atoms with van der Waals surface area (Å²) in [5.41, 5.74) is 5.75. The van der Waals surface area contributed by atoms with Gasteiger partial charge in [0.25, 0.3) is 5.91 Å². The third-order valence-electron chi connectivity index (χ3n) is 3.38. The minimum absolute atomic E-state index is 0.213. The second-order valence-corrected chi connectivity index (χ2v) is 5.17. The zero-order valence-corrected chi connectivity index (χ0v) is 12.0. The molecule has 108 valence electrons. The van der Waals surface area contributed by atoms with Gasteiger partial charge < -0.3 is 10.6 Å². The van der Waals surface area contributed by atoms with Crippen molar-refractivity contribution in [2.75, 3.05) is 13.1 Å². The zero-order valence-electron chi connectivity index (χ0n) is 11.2. The SMILES string of the molecule is Cn1nccc1C(=O)NC(=S)N1CCC[C@@H](C(N)=O)C1. The average Bonchev–Trinajstić information content (AvgIpc) is 2.85. The third kappa shape index (κ3) is 3.13. The number of likely N-dealkylation sites (tertiary alicyclic amines) is 1. The number of thiocarbonyl (C=S) groups is 1. The quantitative estimate of drug-likeness (QED) is 0.726. The molecular weight excluding hydrogens is 278 g/mol. The molecule has 3 N–H and O–H groups in total. The zero-order chi connectivity index (χ0) is 14.7. The smallest absolute Gasteiger partial charge is 0.275 e. The van der Waals surface area contributed by atoms with Gasteiger partial charge in [0, 0.05) is 26.3 Å². The van der Waals surface area contributed by atoms with Gasteiger partial charge in [-0.3, -0.25) is 19.6 Å². The van der Waals surface area contributed by atoms with E-state index in [2.05, 4.69) is 10.4 Å². The van der Waals surface area contributed by atoms with Crippen LogP contribution in [0.4, 0.5) is 0 Å². The van der Waals surface area contributed by atoms with Crippen LogP contribution in [0.15, 0.2) is 12.3 Å². The third-order valence-corrected chi connectivity index (χ3v) is 3.75. The lowest BCUT2D eigenvalue weighted by Crippen LogP contribution is -2.49. The molecule has 0 bridgehead atoms. The number of nitrogens with one attached hydrogen (secondary N) is 1. The number of carbonyl (C=O) groups is 2. The summed E-state index contributed by atoms with van der Waals surface area (Å²) in [4.78, 5) is 25.1. The molecular formula is C12H17N5O2S. The average molecular weight is 295 g/mol. The van der Waals surface area contributed by atoms with Crippen molar-refractivity contribution in [2.45, 2.75) is 12.8 Å². The summed E-state index contributed by atoms with van der Waals surface area (Å²) >= 11 is 5.22. The number of piperidine rings is 1. The Labute approximate surface area is 122 Å². The Morgan fingerprint density at radius 1 is 1.55 bits per heavy atom. The van der Waals surface area contributed by atoms with E-state index in [0.29, 0.717) is 23.9 Å². The van der Waals surface area contributed by atoms with Crippen molar-refractivity contribution >= 4 is 29.1 Å². The van der Waals surface area contributed by atoms with Crippen LogP contribution in [-0.4, -0.2) is 44.7 Å². The Bertz CT molecular complexity index is 542. The molecule has 0 aromatic carbocycles. The summed E-state index contributed by atoms with van der Waals surface area (Å²) in [5, 5.41) is 6.91. The molecule has 8 heteroatoms. The molecule has 1 aliphatic rings. The van der Waals surface area contributed by atoms with Gasteiger partial charge in [0.05, 0.1) is 5.92 Å². The maximum absolute atomic E-state index is 12.0. The van der Waals surface area contributed by atoms with Gasteiger partial charge in [-0.1, -0.05) is 0 Å². The molecule has 2 rings (SSSR count). The Kier molecular flexibility index (Phi) is 4.33. The van der Waals surface area contributed by atoms with Crippen LogP contribution < -0.4 is 11.1 Å². The van der Waals surface area contributed by atoms with Crippen molar-refractivity contribution in [2.24, 2.45) is 18.7 Å². The first-order chi connectivity index (χ1) is 9.49. The van der Waals surface area contributed by atoms with Crippen LogP contribution in [0.1, 0.15) is 23.3 Å². The number of amides is 2. The number of rotatable bonds is 2. The van der Waals surface area contributed by atoms with E-state index in [4.69, 9.17) is 18.0 Å². The molecule has 0 saturated carbocycles. The van der Waals surface area contributed by atoms with Gasteiger partial charge in [-0.25, -0.2) is 0 Å². The van der Waals surface area contributed by atoms with Crippen molar-refractivity contribution in [1.82, 2.24) is 20.0 Å². The van der Waals surface area contributed by atoms with Crippen molar-refractivity contribution in [3.05, 3.63) is 18.0 Å². The van der Waals surface area contributed by atoms with Crippen LogP contribution in [0.2, 0.25) is 0 Å². The van der Waals surface area contributed by atoms with Gasteiger partial charge in [-0.2, -0.15) is 5.10 Å². The number of nitrogens with zero attached hydrogens (tertiary/aromatic N) is 3. The Hall–Kier alpha value is -1.96. The van der Waals surface area contributed by atoms with Crippen LogP contribution in [-0.2, 0) is 11.8 Å². The summed E-state index contributed by atoms with van der Waals surface area (Å²) < 4.78 is 1.47. The fourth-order valence-corrected chi connectivity index (χ4v) is 2.49. The summed E-state index contributed by atoms with van der Waals surface area (Å²) in [6.07, 6.45) is 3.14. The molecule has 1 fully saturated rings. The van der Waals surface area contributed by atoms with E-state index in [1.165, 1.54) is 4.68 Å². The number of hydrogen-bond donors (Lipinski definition) is 2. The maximum Gasteiger partial charge on any atom is 0.275 e. The van der Waals surface area contributed by atoms with Gasteiger partial charge >= 0.3 is 0 Å². The standard InChI is InChI=1S/C12H17N5O2S/c1-16-9(4-5-14-16)11(19)15-12(20)17-6-2-3-8(7-17)10(13)18/h4-5,8H,2-3,6-7H2,1H3,(H2,13,18)(H,15,19,20)/t8-/m1/s1. The highest BCUT2D eigenvalue weighted by molar-refractivity contribution is 7.80. The Morgan fingerprint density at radius 2 is 2.30 bits per heavy atom. The van der Waals surface area contributed by atoms with Gasteiger partial charge in [0.2, 0.25) is 5.91 Å². The number of aromatic nitrogens is 2. The van der Waals surface area contributed by atoms with Crippen LogP contribution in [0.3, 0.4) is 0 Å². The molecule has 1 aromatic heterocycles. The summed E-state index contributed by atoms with van der Waals surface area (Å²) in [6.45, 7) is 1.17. The fraction of sp³-hybridized carbons (Fsp3) is 0.500. The molecule has 1 saturated heterocycles. The second kappa shape index (κ2) is 6.00. The van der Waals surface area contributed by atoms with Crippen molar-refractivity contribution < 1.29 is 9.59 Å². The first kappa shape index (κ1) is 14.4. The first-order valence-electron chi connectivity index (χ1n) is 6.36. The lowest BCUT2D eigenvalue weighted by molar-refractivity contribution is -0.122. The molecule has 1 aliphatic heterocycles. The molecule has 0 unspecified atom stereocenters. The van der Waals surface area contributed by atoms with Crippen molar-refractivity contribution in [3.63, 3.8) is 0 Å². The lowest BCUT2D eigenvalue weighted by atomic mass is 9.98. The van der Waals surface area contributed by atoms with E-state index in [9.17, 15) is 9.59 Å². The molecule has 20 heavy (non-hydrogen) atoms. The largest absolute Gasteiger partial charge is 0.369 e. The second-order valence-electron chi connectivity index (χ2n) is 4.79. The molecule has 1 aromatic rings. The van der Waals surface area contributed by atoms with Crippen LogP contribution in [0.25, 0.3) is 0 Å². The van der Waals surface area contributed by atoms with Crippen LogP contribution in [0, 0.1) is 5.92 Å². The number of hydrogen-bond acceptors (Lipinski definition) is 4. The lowest BCUT2D eigenvalue weighted by Gasteiger charge is -2.32. The van der Waals surface area contributed by atoms with E-state index in [0.717, 1.165) is 12.8 Å². The fourth-order valence-electron chi connectivity index (χ4n) is 2.23. The highest BCUT2D eigenvalue weighted by Crippen LogP contribution is 2.16. The summed E-state index contributed by atoms with van der Waals surface area (Å²) in [6, 6.07) is 1.61. The summed E-state index contributed by atoms with van der Waals surface area (Å²) in [5.74, 6) is -0.845. The van der Waals surface area contributed by atoms with E-state index in [-0.39, 0.29) is 17.7 Å². The normalized spacial score (nSPS) is 18.6. The predicted molar refractivity (Wildman–Crippen MR) is 76.8 cm³/mol. The van der Waals surface area contributed by atoms with Crippen LogP contribution in [0.5, 0.6) is 0 Å². The molecule has 0 radical (unpaired) electrons. The minimum atomic E-state index is -0.324. The Morgan fingerprint density at radius 3 is 2.90 bits per heavy atom. The highest BCUT2D eigenvalue weighted by atomic mass is 32.1. The number of aryl methyl sites for hydroxylation is 1. The molecule has 0 aliphatic carbocycles. The van der Waals surface area contributed by atoms with Crippen molar-refractivity contribution in [1.29, 1.82) is 0 Å². The van der Waals surface area contributed by atoms with Gasteiger partial charge in [-0.15, -0.1) is 0 Å². The molecule has 0 spiro atoms. The predicted octanol–water partition coefficient (Wildman–Crippen LogP) is -0.368. The number of nitrogens with two attached hydrogens (primary N) is 1. The van der Waals surface area contributed by atoms with Gasteiger partial charge in [0.1, 0.15) is 5.69 Å². The summed E-state index contributed by atoms with van der Waals surface area (Å²) in [7, 11) is 1.68. The molecule has 1 atom stereocenters. The van der Waals surface area contributed by atoms with Gasteiger partial charge in [0.15, 0.2) is 5.11 Å². The maximum atomic E-state index is 12.0. The number of carbonyl (C=O) groups excluding carboxylic acids is 2. The molecule has 2 heterocycles. The highest BCUT2D eigenvalue weighted by Gasteiger charge is 2.26. The first-order valence-corrected chi connectivity index (χ1v) is 6.77. The van der Waals surface area contributed by atoms with Crippen molar-refractivity contribution in [3.8, 4) is 0 Å². The van der Waals surface area contributed by atoms with Crippen LogP contribution >= 0.6 is 12.2 Å². The van der Waals surface area contributed by atoms with E-state index in [1.54, 1.807) is 19.3 Å². The van der Waals surface area contributed by atoms with Gasteiger partial charge in [-0.05, 0) is 31.1 Å². The topological polar surface area (TPSA) is 93.2 Å².